The van der Waals surface area contributed by atoms with E-state index in [0.29, 0.717) is 28.5 Å². The highest BCUT2D eigenvalue weighted by molar-refractivity contribution is 7.92. The molecule has 4 aromatic rings. The molecule has 7 nitrogen and oxygen atoms in total. The van der Waals surface area contributed by atoms with E-state index in [1.54, 1.807) is 6.07 Å². The van der Waals surface area contributed by atoms with E-state index in [0.717, 1.165) is 42.4 Å². The number of hydrogen-bond donors (Lipinski definition) is 2. The summed E-state index contributed by atoms with van der Waals surface area (Å²) in [7, 11) is -3.39. The highest BCUT2D eigenvalue weighted by atomic mass is 32.2. The zero-order chi connectivity index (χ0) is 33.3. The Hall–Kier alpha value is -3.97. The third-order valence-corrected chi connectivity index (χ3v) is 12.2. The highest BCUT2D eigenvalue weighted by Gasteiger charge is 2.51. The second-order valence-corrected chi connectivity index (χ2v) is 15.5. The molecule has 2 N–H and O–H groups in total. The number of hydrogen-bond acceptors (Lipinski definition) is 6. The number of rotatable bonds is 8. The van der Waals surface area contributed by atoms with Gasteiger partial charge in [0.1, 0.15) is 16.6 Å². The van der Waals surface area contributed by atoms with Gasteiger partial charge in [0.05, 0.1) is 23.9 Å². The van der Waals surface area contributed by atoms with Crippen molar-refractivity contribution in [2.45, 2.75) is 55.1 Å². The van der Waals surface area contributed by atoms with Crippen LogP contribution in [0.5, 0.6) is 5.75 Å². The smallest absolute Gasteiger partial charge is 0.417 e. The van der Waals surface area contributed by atoms with Crippen LogP contribution in [0.25, 0.3) is 21.7 Å². The van der Waals surface area contributed by atoms with Gasteiger partial charge >= 0.3 is 12.1 Å². The predicted octanol–water partition coefficient (Wildman–Crippen LogP) is 8.61. The molecule has 4 aliphatic rings. The number of sulfonamides is 1. The first kappa shape index (κ1) is 31.6. The van der Waals surface area contributed by atoms with Crippen LogP contribution < -0.4 is 9.46 Å². The van der Waals surface area contributed by atoms with Gasteiger partial charge in [0.15, 0.2) is 5.03 Å². The van der Waals surface area contributed by atoms with Crippen LogP contribution >= 0.6 is 11.3 Å². The summed E-state index contributed by atoms with van der Waals surface area (Å²) in [5, 5.41) is 9.43. The zero-order valence-corrected chi connectivity index (χ0v) is 26.7. The molecule has 4 saturated carbocycles. The maximum Gasteiger partial charge on any atom is 0.417 e. The highest BCUT2D eigenvalue weighted by Crippen LogP contribution is 2.60. The number of benzene rings is 3. The summed E-state index contributed by atoms with van der Waals surface area (Å²) in [5.74, 6) is -0.750. The van der Waals surface area contributed by atoms with Gasteiger partial charge in [-0.25, -0.2) is 14.2 Å². The van der Waals surface area contributed by atoms with E-state index < -0.39 is 49.8 Å². The van der Waals surface area contributed by atoms with Crippen molar-refractivity contribution < 1.29 is 40.6 Å². The van der Waals surface area contributed by atoms with Crippen LogP contribution in [0.4, 0.5) is 23.2 Å². The van der Waals surface area contributed by atoms with Gasteiger partial charge in [0.25, 0.3) is 10.0 Å². The van der Waals surface area contributed by atoms with Crippen molar-refractivity contribution in [3.63, 3.8) is 0 Å². The van der Waals surface area contributed by atoms with Gasteiger partial charge in [-0.1, -0.05) is 36.4 Å². The molecular formula is C34H30F4N2O5S2. The molecule has 1 heterocycles. The Morgan fingerprint density at radius 2 is 1.60 bits per heavy atom. The number of anilines is 1. The fourth-order valence-electron chi connectivity index (χ4n) is 8.29. The van der Waals surface area contributed by atoms with E-state index in [1.165, 1.54) is 50.2 Å². The lowest BCUT2D eigenvalue weighted by molar-refractivity contribution is -0.137. The number of aromatic carboxylic acids is 1. The third-order valence-electron chi connectivity index (χ3n) is 9.95. The topological polar surface area (TPSA) is 106 Å². The van der Waals surface area contributed by atoms with Gasteiger partial charge in [-0.2, -0.15) is 21.6 Å². The third kappa shape index (κ3) is 5.77. The maximum atomic E-state index is 14.4. The van der Waals surface area contributed by atoms with Crippen LogP contribution in [0.15, 0.2) is 65.0 Å². The van der Waals surface area contributed by atoms with Crippen LogP contribution in [0.3, 0.4) is 0 Å². The number of nitrogens with one attached hydrogen (secondary N) is 1. The van der Waals surface area contributed by atoms with E-state index in [9.17, 15) is 30.8 Å². The van der Waals surface area contributed by atoms with E-state index in [1.807, 2.05) is 12.1 Å². The summed E-state index contributed by atoms with van der Waals surface area (Å²) < 4.78 is 90.9. The Morgan fingerprint density at radius 3 is 2.17 bits per heavy atom. The first-order valence-electron chi connectivity index (χ1n) is 15.2. The summed E-state index contributed by atoms with van der Waals surface area (Å²) in [4.78, 5) is 15.2. The average Bonchev–Trinajstić information content (AvgIpc) is 3.51. The van der Waals surface area contributed by atoms with Crippen molar-refractivity contribution in [1.29, 1.82) is 0 Å². The van der Waals surface area contributed by atoms with Crippen LogP contribution in [-0.2, 0) is 21.6 Å². The van der Waals surface area contributed by atoms with Crippen LogP contribution in [-0.4, -0.2) is 31.6 Å². The lowest BCUT2D eigenvalue weighted by atomic mass is 9.48. The summed E-state index contributed by atoms with van der Waals surface area (Å²) in [5.41, 5.74) is 0.0951. The van der Waals surface area contributed by atoms with Gasteiger partial charge in [0.2, 0.25) is 0 Å². The normalized spacial score (nSPS) is 23.6. The summed E-state index contributed by atoms with van der Waals surface area (Å²) >= 11 is 0.707. The molecule has 0 unspecified atom stereocenters. The average molecular weight is 687 g/mol. The Labute approximate surface area is 272 Å². The van der Waals surface area contributed by atoms with E-state index >= 15 is 0 Å². The molecule has 4 fully saturated rings. The summed E-state index contributed by atoms with van der Waals surface area (Å²) in [6, 6.07) is 13.3. The van der Waals surface area contributed by atoms with E-state index in [4.69, 9.17) is 9.84 Å². The van der Waals surface area contributed by atoms with Crippen molar-refractivity contribution in [1.82, 2.24) is 4.98 Å². The number of thiazole rings is 1. The molecule has 13 heteroatoms. The van der Waals surface area contributed by atoms with Gasteiger partial charge in [0, 0.05) is 17.0 Å². The molecule has 246 valence electrons. The molecule has 0 saturated heterocycles. The fourth-order valence-corrected chi connectivity index (χ4v) is 10.5. The zero-order valence-electron chi connectivity index (χ0n) is 25.1. The van der Waals surface area contributed by atoms with Crippen LogP contribution in [0.2, 0.25) is 0 Å². The number of alkyl halides is 3. The molecule has 0 amide bonds. The standard InChI is InChI=1S/C34H30F4N2O5S2/c1-45-29-12-25(32(41)42)27(35)13-28(29)40-47(43,44)30-17-46-31(39-30)24-7-4-22(11-26(24)34(36,37)38)21-2-5-23(6-3-21)33-14-18-8-19(15-33)10-20(9-18)16-33/h2-7,11-13,17-20,40H,8-10,14-16H2,1H3,(H,41,42)/t18-,19-,20?,33?/m1/s1. The largest absolute Gasteiger partial charge is 0.495 e. The van der Waals surface area contributed by atoms with Crippen molar-refractivity contribution >= 4 is 33.0 Å². The minimum atomic E-state index is -4.76. The number of methoxy groups -OCH3 is 1. The number of ether oxygens (including phenoxy) is 1. The minimum Gasteiger partial charge on any atom is -0.495 e. The van der Waals surface area contributed by atoms with Crippen molar-refractivity contribution in [2.24, 2.45) is 17.8 Å². The number of aromatic nitrogens is 1. The molecule has 47 heavy (non-hydrogen) atoms. The number of nitrogens with zero attached hydrogens (tertiary/aromatic N) is 1. The van der Waals surface area contributed by atoms with Crippen molar-refractivity contribution in [3.05, 3.63) is 82.5 Å². The number of carboxylic acid groups (broad SMARTS) is 1. The molecule has 0 spiro atoms. The lowest BCUT2D eigenvalue weighted by Crippen LogP contribution is -2.48. The van der Waals surface area contributed by atoms with Crippen LogP contribution in [0, 0.1) is 23.6 Å². The Balaban J connectivity index is 1.16. The second kappa shape index (κ2) is 11.3. The number of carboxylic acids is 1. The fraction of sp³-hybridized carbons (Fsp3) is 0.353. The molecule has 0 atom stereocenters. The van der Waals surface area contributed by atoms with Crippen molar-refractivity contribution in [2.75, 3.05) is 11.8 Å². The quantitative estimate of drug-likeness (QED) is 0.180. The van der Waals surface area contributed by atoms with Gasteiger partial charge < -0.3 is 9.84 Å². The number of halogens is 4. The summed E-state index contributed by atoms with van der Waals surface area (Å²) in [6.45, 7) is 0. The molecular weight excluding hydrogens is 657 g/mol. The first-order valence-corrected chi connectivity index (χ1v) is 17.5. The molecule has 3 aromatic carbocycles. The van der Waals surface area contributed by atoms with Crippen LogP contribution in [0.1, 0.15) is 60.0 Å². The van der Waals surface area contributed by atoms with Crippen molar-refractivity contribution in [3.8, 4) is 27.4 Å². The van der Waals surface area contributed by atoms with Gasteiger partial charge in [-0.05, 0) is 90.5 Å². The molecule has 4 bridgehead atoms. The molecule has 0 aliphatic heterocycles. The maximum absolute atomic E-state index is 14.4. The number of carbonyl (C=O) groups is 1. The summed E-state index contributed by atoms with van der Waals surface area (Å²) in [6.07, 6.45) is 2.78. The molecule has 4 aliphatic carbocycles. The first-order chi connectivity index (χ1) is 22.2. The Kier molecular flexibility index (Phi) is 7.62. The van der Waals surface area contributed by atoms with E-state index in [2.05, 4.69) is 21.8 Å². The second-order valence-electron chi connectivity index (χ2n) is 13.0. The predicted molar refractivity (Wildman–Crippen MR) is 169 cm³/mol. The SMILES string of the molecule is COc1cc(C(=O)O)c(F)cc1NS(=O)(=O)c1csc(-c2ccc(-c3ccc(C45CC6C[C@H](C4)C[C@H](C6)C5)cc3)cc2C(F)(F)F)n1. The molecule has 0 radical (unpaired) electrons. The lowest BCUT2D eigenvalue weighted by Gasteiger charge is -2.57. The minimum absolute atomic E-state index is 0.174. The Morgan fingerprint density at radius 1 is 0.979 bits per heavy atom. The molecule has 8 rings (SSSR count). The Bertz CT molecular complexity index is 1950. The van der Waals surface area contributed by atoms with Gasteiger partial charge in [-0.3, -0.25) is 4.72 Å². The van der Waals surface area contributed by atoms with E-state index in [-0.39, 0.29) is 21.7 Å². The molecule has 1 aromatic heterocycles. The van der Waals surface area contributed by atoms with Gasteiger partial charge in [-0.15, -0.1) is 11.3 Å². The monoisotopic (exact) mass is 686 g/mol.